The van der Waals surface area contributed by atoms with Gasteiger partial charge in [-0.3, -0.25) is 4.99 Å². The highest BCUT2D eigenvalue weighted by molar-refractivity contribution is 6.36. The van der Waals surface area contributed by atoms with E-state index in [1.807, 2.05) is 12.1 Å². The third-order valence-electron chi connectivity index (χ3n) is 3.24. The molecular weight excluding hydrogens is 321 g/mol. The molecule has 0 aliphatic rings. The molecule has 2 aromatic rings. The summed E-state index contributed by atoms with van der Waals surface area (Å²) in [6.07, 6.45) is 1.43. The zero-order valence-corrected chi connectivity index (χ0v) is 14.1. The summed E-state index contributed by atoms with van der Waals surface area (Å²) < 4.78 is 0. The predicted molar refractivity (Wildman–Crippen MR) is 92.2 cm³/mol. The van der Waals surface area contributed by atoms with Gasteiger partial charge in [-0.15, -0.1) is 0 Å². The highest BCUT2D eigenvalue weighted by Gasteiger charge is 2.15. The molecule has 0 spiro atoms. The average molecular weight is 338 g/mol. The van der Waals surface area contributed by atoms with Gasteiger partial charge in [0.05, 0.1) is 5.02 Å². The van der Waals surface area contributed by atoms with Gasteiger partial charge in [-0.25, -0.2) is 0 Å². The second kappa shape index (κ2) is 6.19. The van der Waals surface area contributed by atoms with E-state index in [2.05, 4.69) is 25.8 Å². The van der Waals surface area contributed by atoms with Crippen LogP contribution in [0.4, 0.5) is 5.69 Å². The number of rotatable bonds is 2. The van der Waals surface area contributed by atoms with Gasteiger partial charge in [0.25, 0.3) is 0 Å². The number of nitrogens with zero attached hydrogens (tertiary/aromatic N) is 1. The van der Waals surface area contributed by atoms with Crippen LogP contribution < -0.4 is 0 Å². The van der Waals surface area contributed by atoms with E-state index in [0.717, 1.165) is 5.56 Å². The molecule has 0 atom stereocenters. The van der Waals surface area contributed by atoms with E-state index in [0.29, 0.717) is 16.3 Å². The molecule has 0 saturated heterocycles. The van der Waals surface area contributed by atoms with E-state index in [1.54, 1.807) is 12.1 Å². The summed E-state index contributed by atoms with van der Waals surface area (Å²) in [6.45, 7) is 6.24. The van der Waals surface area contributed by atoms with Gasteiger partial charge in [0.1, 0.15) is 17.2 Å². The minimum atomic E-state index is -0.0960. The zero-order chi connectivity index (χ0) is 16.5. The smallest absolute Gasteiger partial charge is 0.143 e. The Kier molecular flexibility index (Phi) is 4.69. The standard InChI is InChI=1S/C17H17Cl2NO2/c1-17(2,3)11-4-5-15(21)14(7-11)20-9-10-6-12(18)8-13(19)16(10)22/h4-9,21-22H,1-3H3. The number of hydrogen-bond acceptors (Lipinski definition) is 3. The molecule has 0 fully saturated rings. The number of benzene rings is 2. The Morgan fingerprint density at radius 1 is 1.05 bits per heavy atom. The predicted octanol–water partition coefficient (Wildman–Crippen LogP) is 5.45. The van der Waals surface area contributed by atoms with Gasteiger partial charge in [0.15, 0.2) is 0 Å². The SMILES string of the molecule is CC(C)(C)c1ccc(O)c(N=Cc2cc(Cl)cc(Cl)c2O)c1. The topological polar surface area (TPSA) is 52.8 Å². The summed E-state index contributed by atoms with van der Waals surface area (Å²) in [6, 6.07) is 8.29. The summed E-state index contributed by atoms with van der Waals surface area (Å²) in [5, 5.41) is 20.4. The fourth-order valence-corrected chi connectivity index (χ4v) is 2.43. The van der Waals surface area contributed by atoms with Crippen LogP contribution in [0.3, 0.4) is 0 Å². The van der Waals surface area contributed by atoms with Crippen LogP contribution in [0, 0.1) is 0 Å². The molecule has 0 unspecified atom stereocenters. The van der Waals surface area contributed by atoms with Crippen LogP contribution in [-0.4, -0.2) is 16.4 Å². The number of aliphatic imine (C=N–C) groups is 1. The summed E-state index contributed by atoms with van der Waals surface area (Å²) in [7, 11) is 0. The molecular formula is C17H17Cl2NO2. The Bertz CT molecular complexity index is 734. The van der Waals surface area contributed by atoms with Crippen molar-refractivity contribution in [1.29, 1.82) is 0 Å². The Balaban J connectivity index is 2.43. The van der Waals surface area contributed by atoms with Gasteiger partial charge < -0.3 is 10.2 Å². The fraction of sp³-hybridized carbons (Fsp3) is 0.235. The van der Waals surface area contributed by atoms with Crippen LogP contribution in [0.1, 0.15) is 31.9 Å². The maximum atomic E-state index is 9.93. The second-order valence-corrected chi connectivity index (χ2v) is 6.88. The Morgan fingerprint density at radius 3 is 2.36 bits per heavy atom. The first kappa shape index (κ1) is 16.7. The van der Waals surface area contributed by atoms with Crippen LogP contribution >= 0.6 is 23.2 Å². The molecule has 2 N–H and O–H groups in total. The number of halogens is 2. The molecule has 0 heterocycles. The van der Waals surface area contributed by atoms with Crippen LogP contribution in [-0.2, 0) is 5.41 Å². The molecule has 0 radical (unpaired) electrons. The molecule has 0 bridgehead atoms. The third-order valence-corrected chi connectivity index (χ3v) is 3.75. The maximum absolute atomic E-state index is 9.93. The average Bonchev–Trinajstić information content (AvgIpc) is 2.41. The van der Waals surface area contributed by atoms with Crippen molar-refractivity contribution in [2.75, 3.05) is 0 Å². The van der Waals surface area contributed by atoms with Gasteiger partial charge >= 0.3 is 0 Å². The highest BCUT2D eigenvalue weighted by atomic mass is 35.5. The lowest BCUT2D eigenvalue weighted by Gasteiger charge is -2.19. The molecule has 0 aliphatic heterocycles. The molecule has 0 amide bonds. The normalized spacial score (nSPS) is 12.0. The fourth-order valence-electron chi connectivity index (χ4n) is 1.92. The van der Waals surface area contributed by atoms with Crippen molar-refractivity contribution in [3.05, 3.63) is 51.5 Å². The van der Waals surface area contributed by atoms with E-state index in [-0.39, 0.29) is 21.9 Å². The number of aromatic hydroxyl groups is 2. The van der Waals surface area contributed by atoms with Gasteiger partial charge in [0, 0.05) is 16.8 Å². The van der Waals surface area contributed by atoms with Gasteiger partial charge in [-0.2, -0.15) is 0 Å². The molecule has 116 valence electrons. The second-order valence-electron chi connectivity index (χ2n) is 6.04. The summed E-state index contributed by atoms with van der Waals surface area (Å²) >= 11 is 11.8. The summed E-state index contributed by atoms with van der Waals surface area (Å²) in [4.78, 5) is 4.24. The van der Waals surface area contributed by atoms with Crippen molar-refractivity contribution in [3.8, 4) is 11.5 Å². The molecule has 5 heteroatoms. The first-order valence-electron chi connectivity index (χ1n) is 6.74. The minimum Gasteiger partial charge on any atom is -0.506 e. The molecule has 3 nitrogen and oxygen atoms in total. The molecule has 22 heavy (non-hydrogen) atoms. The van der Waals surface area contributed by atoms with E-state index < -0.39 is 0 Å². The van der Waals surface area contributed by atoms with Gasteiger partial charge in [0.2, 0.25) is 0 Å². The number of phenols is 2. The minimum absolute atomic E-state index is 0.0561. The summed E-state index contributed by atoms with van der Waals surface area (Å²) in [5.41, 5.74) is 1.80. The van der Waals surface area contributed by atoms with Crippen molar-refractivity contribution in [2.45, 2.75) is 26.2 Å². The Hall–Kier alpha value is -1.71. The molecule has 0 saturated carbocycles. The lowest BCUT2D eigenvalue weighted by atomic mass is 9.87. The molecule has 0 aromatic heterocycles. The van der Waals surface area contributed by atoms with Crippen molar-refractivity contribution in [1.82, 2.24) is 0 Å². The van der Waals surface area contributed by atoms with Crippen molar-refractivity contribution in [2.24, 2.45) is 4.99 Å². The van der Waals surface area contributed by atoms with Gasteiger partial charge in [-0.1, -0.05) is 50.0 Å². The van der Waals surface area contributed by atoms with Crippen LogP contribution in [0.25, 0.3) is 0 Å². The Labute approximate surface area is 139 Å². The largest absolute Gasteiger partial charge is 0.506 e. The number of hydrogen-bond donors (Lipinski definition) is 2. The van der Waals surface area contributed by atoms with Crippen LogP contribution in [0.15, 0.2) is 35.3 Å². The van der Waals surface area contributed by atoms with Gasteiger partial charge in [-0.05, 0) is 35.2 Å². The van der Waals surface area contributed by atoms with Crippen molar-refractivity contribution < 1.29 is 10.2 Å². The molecule has 2 rings (SSSR count). The Morgan fingerprint density at radius 2 is 1.73 bits per heavy atom. The first-order valence-corrected chi connectivity index (χ1v) is 7.49. The summed E-state index contributed by atoms with van der Waals surface area (Å²) in [5.74, 6) is -0.0295. The highest BCUT2D eigenvalue weighted by Crippen LogP contribution is 2.34. The van der Waals surface area contributed by atoms with E-state index in [9.17, 15) is 10.2 Å². The molecule has 2 aromatic carbocycles. The molecule has 0 aliphatic carbocycles. The van der Waals surface area contributed by atoms with E-state index >= 15 is 0 Å². The quantitative estimate of drug-likeness (QED) is 0.715. The van der Waals surface area contributed by atoms with E-state index in [4.69, 9.17) is 23.2 Å². The third kappa shape index (κ3) is 3.73. The first-order chi connectivity index (χ1) is 10.2. The monoisotopic (exact) mass is 337 g/mol. The van der Waals surface area contributed by atoms with Crippen molar-refractivity contribution >= 4 is 35.1 Å². The lowest BCUT2D eigenvalue weighted by molar-refractivity contribution is 0.474. The number of phenolic OH excluding ortho intramolecular Hbond substituents is 2. The van der Waals surface area contributed by atoms with Crippen molar-refractivity contribution in [3.63, 3.8) is 0 Å². The van der Waals surface area contributed by atoms with Crippen LogP contribution in [0.5, 0.6) is 11.5 Å². The zero-order valence-electron chi connectivity index (χ0n) is 12.6. The lowest BCUT2D eigenvalue weighted by Crippen LogP contribution is -2.10. The van der Waals surface area contributed by atoms with E-state index in [1.165, 1.54) is 12.3 Å². The maximum Gasteiger partial charge on any atom is 0.143 e. The van der Waals surface area contributed by atoms with Crippen LogP contribution in [0.2, 0.25) is 10.0 Å².